The summed E-state index contributed by atoms with van der Waals surface area (Å²) in [7, 11) is 1.80. The number of aryl methyl sites for hydroxylation is 2. The van der Waals surface area contributed by atoms with Crippen molar-refractivity contribution in [3.8, 4) is 17.3 Å². The zero-order valence-corrected chi connectivity index (χ0v) is 15.9. The zero-order chi connectivity index (χ0) is 20.5. The molecule has 3 heterocycles. The molecule has 9 heteroatoms. The van der Waals surface area contributed by atoms with Gasteiger partial charge < -0.3 is 10.2 Å². The Balaban J connectivity index is 1.58. The van der Waals surface area contributed by atoms with E-state index in [0.717, 1.165) is 11.3 Å². The molecule has 0 unspecified atom stereocenters. The van der Waals surface area contributed by atoms with E-state index in [2.05, 4.69) is 26.5 Å². The van der Waals surface area contributed by atoms with Crippen LogP contribution in [0.2, 0.25) is 0 Å². The molecule has 1 amide bonds. The number of carbonyl (C=O) groups is 1. The minimum absolute atomic E-state index is 0.00874. The van der Waals surface area contributed by atoms with Crippen molar-refractivity contribution in [1.82, 2.24) is 24.6 Å². The molecule has 1 aromatic carbocycles. The molecule has 0 spiro atoms. The molecular formula is C20H18FN7O. The van der Waals surface area contributed by atoms with Crippen LogP contribution in [0.4, 0.5) is 16.0 Å². The largest absolute Gasteiger partial charge is 0.336 e. The summed E-state index contributed by atoms with van der Waals surface area (Å²) in [5, 5.41) is 16.0. The van der Waals surface area contributed by atoms with E-state index in [0.29, 0.717) is 30.3 Å². The lowest BCUT2D eigenvalue weighted by molar-refractivity contribution is 0.0572. The van der Waals surface area contributed by atoms with Crippen molar-refractivity contribution in [1.29, 1.82) is 5.26 Å². The fraction of sp³-hybridized carbons (Fsp3) is 0.250. The van der Waals surface area contributed by atoms with E-state index < -0.39 is 11.7 Å². The van der Waals surface area contributed by atoms with Gasteiger partial charge in [0.1, 0.15) is 5.82 Å². The van der Waals surface area contributed by atoms with E-state index in [4.69, 9.17) is 5.26 Å². The van der Waals surface area contributed by atoms with Crippen LogP contribution in [0.3, 0.4) is 0 Å². The van der Waals surface area contributed by atoms with E-state index in [9.17, 15) is 9.18 Å². The van der Waals surface area contributed by atoms with Gasteiger partial charge in [0, 0.05) is 38.1 Å². The van der Waals surface area contributed by atoms with Crippen LogP contribution in [0.1, 0.15) is 15.9 Å². The predicted molar refractivity (Wildman–Crippen MR) is 104 cm³/mol. The molecule has 0 bridgehead atoms. The summed E-state index contributed by atoms with van der Waals surface area (Å²) in [5.74, 6) is -0.829. The molecule has 1 fully saturated rings. The highest BCUT2D eigenvalue weighted by Crippen LogP contribution is 2.26. The number of anilines is 2. The summed E-state index contributed by atoms with van der Waals surface area (Å²) < 4.78 is 16.3. The Morgan fingerprint density at radius 2 is 2.14 bits per heavy atom. The molecule has 8 nitrogen and oxygen atoms in total. The summed E-state index contributed by atoms with van der Waals surface area (Å²) in [5.41, 5.74) is 2.62. The Morgan fingerprint density at radius 1 is 1.34 bits per heavy atom. The number of likely N-dealkylation sites (tertiary alicyclic amines) is 1. The quantitative estimate of drug-likeness (QED) is 0.734. The Hall–Kier alpha value is -3.80. The topological polar surface area (TPSA) is 99.7 Å². The van der Waals surface area contributed by atoms with Crippen molar-refractivity contribution in [3.63, 3.8) is 0 Å². The van der Waals surface area contributed by atoms with Crippen molar-refractivity contribution in [2.24, 2.45) is 13.0 Å². The first-order valence-corrected chi connectivity index (χ1v) is 9.02. The summed E-state index contributed by atoms with van der Waals surface area (Å²) >= 11 is 0. The maximum atomic E-state index is 14.7. The van der Waals surface area contributed by atoms with Gasteiger partial charge in [-0.25, -0.2) is 14.4 Å². The Bertz CT molecular complexity index is 1130. The zero-order valence-electron chi connectivity index (χ0n) is 15.9. The first kappa shape index (κ1) is 18.6. The second-order valence-electron chi connectivity index (χ2n) is 6.98. The molecule has 4 rings (SSSR count). The van der Waals surface area contributed by atoms with Crippen molar-refractivity contribution < 1.29 is 9.18 Å². The minimum Gasteiger partial charge on any atom is -0.336 e. The van der Waals surface area contributed by atoms with E-state index in [1.54, 1.807) is 36.4 Å². The molecule has 0 radical (unpaired) electrons. The number of hydrogen-bond donors (Lipinski definition) is 1. The molecule has 0 saturated carbocycles. The normalized spacial score (nSPS) is 13.7. The average Bonchev–Trinajstić information content (AvgIpc) is 3.07. The van der Waals surface area contributed by atoms with E-state index in [1.165, 1.54) is 17.0 Å². The Morgan fingerprint density at radius 3 is 2.79 bits per heavy atom. The monoisotopic (exact) mass is 391 g/mol. The molecule has 3 aromatic rings. The highest BCUT2D eigenvalue weighted by molar-refractivity contribution is 5.95. The van der Waals surface area contributed by atoms with Gasteiger partial charge in [0.15, 0.2) is 0 Å². The molecule has 1 saturated heterocycles. The van der Waals surface area contributed by atoms with Crippen LogP contribution in [0.25, 0.3) is 11.3 Å². The third kappa shape index (κ3) is 3.65. The average molecular weight is 391 g/mol. The van der Waals surface area contributed by atoms with Crippen LogP contribution in [0.15, 0.2) is 36.8 Å². The van der Waals surface area contributed by atoms with Crippen LogP contribution >= 0.6 is 0 Å². The van der Waals surface area contributed by atoms with Gasteiger partial charge in [0.05, 0.1) is 35.1 Å². The van der Waals surface area contributed by atoms with Crippen molar-refractivity contribution in [2.45, 2.75) is 6.92 Å². The highest BCUT2D eigenvalue weighted by atomic mass is 19.1. The lowest BCUT2D eigenvalue weighted by Crippen LogP contribution is -2.49. The SMILES string of the molecule is Cc1cnc(Nc2cnn(C)c2)nc1-c1ccc(C(=O)N2CC(C#N)C2)c(F)c1. The van der Waals surface area contributed by atoms with Gasteiger partial charge in [-0.1, -0.05) is 6.07 Å². The lowest BCUT2D eigenvalue weighted by Gasteiger charge is -2.35. The fourth-order valence-electron chi connectivity index (χ4n) is 3.14. The number of amides is 1. The number of benzene rings is 1. The van der Waals surface area contributed by atoms with Gasteiger partial charge in [0.25, 0.3) is 5.91 Å². The first-order chi connectivity index (χ1) is 13.9. The van der Waals surface area contributed by atoms with Crippen LogP contribution in [-0.2, 0) is 7.05 Å². The molecule has 1 N–H and O–H groups in total. The van der Waals surface area contributed by atoms with Crippen molar-refractivity contribution in [2.75, 3.05) is 18.4 Å². The van der Waals surface area contributed by atoms with Gasteiger partial charge in [-0.3, -0.25) is 9.48 Å². The minimum atomic E-state index is -0.618. The second kappa shape index (κ2) is 7.31. The number of halogens is 1. The van der Waals surface area contributed by atoms with E-state index in [1.807, 2.05) is 6.92 Å². The van der Waals surface area contributed by atoms with Crippen LogP contribution in [0, 0.1) is 30.0 Å². The van der Waals surface area contributed by atoms with Gasteiger partial charge in [-0.2, -0.15) is 10.4 Å². The summed E-state index contributed by atoms with van der Waals surface area (Å²) in [6, 6.07) is 6.53. The maximum Gasteiger partial charge on any atom is 0.256 e. The number of nitriles is 1. The number of hydrogen-bond acceptors (Lipinski definition) is 6. The first-order valence-electron chi connectivity index (χ1n) is 9.02. The molecule has 0 aliphatic carbocycles. The summed E-state index contributed by atoms with van der Waals surface area (Å²) in [6.07, 6.45) is 5.09. The molecule has 146 valence electrons. The van der Waals surface area contributed by atoms with E-state index in [-0.39, 0.29) is 11.5 Å². The molecular weight excluding hydrogens is 373 g/mol. The molecule has 2 aromatic heterocycles. The molecule has 0 atom stereocenters. The van der Waals surface area contributed by atoms with Crippen LogP contribution in [-0.4, -0.2) is 43.6 Å². The van der Waals surface area contributed by atoms with Gasteiger partial charge in [-0.05, 0) is 24.6 Å². The third-order valence-electron chi connectivity index (χ3n) is 4.76. The summed E-state index contributed by atoms with van der Waals surface area (Å²) in [4.78, 5) is 22.6. The summed E-state index contributed by atoms with van der Waals surface area (Å²) in [6.45, 7) is 2.51. The smallest absolute Gasteiger partial charge is 0.256 e. The van der Waals surface area contributed by atoms with Crippen molar-refractivity contribution in [3.05, 3.63) is 53.7 Å². The maximum absolute atomic E-state index is 14.7. The molecule has 1 aliphatic heterocycles. The predicted octanol–water partition coefficient (Wildman–Crippen LogP) is 2.66. The molecule has 29 heavy (non-hydrogen) atoms. The van der Waals surface area contributed by atoms with E-state index >= 15 is 0 Å². The Labute approximate surface area is 166 Å². The fourth-order valence-corrected chi connectivity index (χ4v) is 3.14. The second-order valence-corrected chi connectivity index (χ2v) is 6.98. The highest BCUT2D eigenvalue weighted by Gasteiger charge is 2.32. The third-order valence-corrected chi connectivity index (χ3v) is 4.76. The number of carbonyl (C=O) groups excluding carboxylic acids is 1. The van der Waals surface area contributed by atoms with Gasteiger partial charge in [-0.15, -0.1) is 0 Å². The Kier molecular flexibility index (Phi) is 4.68. The van der Waals surface area contributed by atoms with Crippen LogP contribution < -0.4 is 5.32 Å². The van der Waals surface area contributed by atoms with Gasteiger partial charge in [0.2, 0.25) is 5.95 Å². The lowest BCUT2D eigenvalue weighted by atomic mass is 9.99. The van der Waals surface area contributed by atoms with Gasteiger partial charge >= 0.3 is 0 Å². The standard InChI is InChI=1S/C20H18FN7O/c1-12-7-23-20(25-15-8-24-27(2)11-15)26-18(12)14-3-4-16(17(21)5-14)19(29)28-9-13(6-22)10-28/h3-5,7-8,11,13H,9-10H2,1-2H3,(H,23,25,26). The van der Waals surface area contributed by atoms with Crippen LogP contribution in [0.5, 0.6) is 0 Å². The number of nitrogens with one attached hydrogen (secondary N) is 1. The van der Waals surface area contributed by atoms with Crippen molar-refractivity contribution >= 4 is 17.5 Å². The number of aromatic nitrogens is 4. The number of rotatable bonds is 4. The number of nitrogens with zero attached hydrogens (tertiary/aromatic N) is 6. The molecule has 1 aliphatic rings.